The zero-order valence-electron chi connectivity index (χ0n) is 12.5. The Bertz CT molecular complexity index is 610. The molecule has 21 heavy (non-hydrogen) atoms. The van der Waals surface area contributed by atoms with E-state index in [-0.39, 0.29) is 5.91 Å². The summed E-state index contributed by atoms with van der Waals surface area (Å²) >= 11 is 0. The zero-order valence-corrected chi connectivity index (χ0v) is 12.5. The van der Waals surface area contributed by atoms with Gasteiger partial charge in [-0.25, -0.2) is 4.98 Å². The molecule has 0 saturated heterocycles. The number of likely N-dealkylation sites (N-methyl/N-ethyl adjacent to an activating group) is 1. The molecule has 2 aromatic rings. The van der Waals surface area contributed by atoms with Gasteiger partial charge >= 0.3 is 0 Å². The Hall–Kier alpha value is -2.38. The first-order valence-electron chi connectivity index (χ1n) is 7.15. The summed E-state index contributed by atoms with van der Waals surface area (Å²) < 4.78 is 0. The minimum Gasteiger partial charge on any atom is -0.357 e. The van der Waals surface area contributed by atoms with Crippen LogP contribution in [0.4, 0.5) is 11.8 Å². The van der Waals surface area contributed by atoms with Gasteiger partial charge in [0.2, 0.25) is 11.9 Å². The highest BCUT2D eigenvalue weighted by molar-refractivity contribution is 5.89. The third-order valence-corrected chi connectivity index (χ3v) is 2.92. The molecule has 1 unspecified atom stereocenters. The van der Waals surface area contributed by atoms with Crippen LogP contribution in [0.5, 0.6) is 0 Å². The van der Waals surface area contributed by atoms with E-state index in [0.29, 0.717) is 29.5 Å². The molecule has 114 valence electrons. The van der Waals surface area contributed by atoms with Crippen molar-refractivity contribution in [2.45, 2.75) is 33.2 Å². The van der Waals surface area contributed by atoms with E-state index in [2.05, 4.69) is 42.8 Å². The summed E-state index contributed by atoms with van der Waals surface area (Å²) in [5.41, 5.74) is 1.25. The maximum atomic E-state index is 11.8. The second-order valence-electron chi connectivity index (χ2n) is 4.68. The standard InChI is InChI=1S/C13H21N7O/c1-4-6-15-13-19-10-9(16-7-17-10)11(20-13)18-8(3)12(21)14-5-2/h7-8H,4-6H2,1-3H3,(H,14,21)(H3,15,16,17,18,19,20). The number of nitrogens with zero attached hydrogens (tertiary/aromatic N) is 3. The van der Waals surface area contributed by atoms with Crippen molar-refractivity contribution in [1.82, 2.24) is 25.3 Å². The average molecular weight is 291 g/mol. The number of hydrogen-bond acceptors (Lipinski definition) is 6. The number of hydrogen-bond donors (Lipinski definition) is 4. The number of imidazole rings is 1. The monoisotopic (exact) mass is 291 g/mol. The fraction of sp³-hybridized carbons (Fsp3) is 0.538. The number of anilines is 2. The van der Waals surface area contributed by atoms with E-state index in [1.165, 1.54) is 0 Å². The number of fused-ring (bicyclic) bond motifs is 1. The summed E-state index contributed by atoms with van der Waals surface area (Å²) in [5, 5.41) is 9.00. The predicted octanol–water partition coefficient (Wildman–Crippen LogP) is 1.11. The van der Waals surface area contributed by atoms with Crippen LogP contribution in [0.1, 0.15) is 27.2 Å². The predicted molar refractivity (Wildman–Crippen MR) is 82.2 cm³/mol. The first-order valence-corrected chi connectivity index (χ1v) is 7.15. The summed E-state index contributed by atoms with van der Waals surface area (Å²) in [6, 6.07) is -0.398. The van der Waals surface area contributed by atoms with Crippen molar-refractivity contribution in [3.63, 3.8) is 0 Å². The van der Waals surface area contributed by atoms with Gasteiger partial charge in [-0.1, -0.05) is 6.92 Å². The van der Waals surface area contributed by atoms with E-state index >= 15 is 0 Å². The molecule has 0 radical (unpaired) electrons. The molecule has 0 aromatic carbocycles. The van der Waals surface area contributed by atoms with E-state index in [1.54, 1.807) is 13.3 Å². The summed E-state index contributed by atoms with van der Waals surface area (Å²) in [7, 11) is 0. The molecule has 2 aromatic heterocycles. The van der Waals surface area contributed by atoms with Gasteiger partial charge in [-0.05, 0) is 20.3 Å². The number of amides is 1. The largest absolute Gasteiger partial charge is 0.357 e. The van der Waals surface area contributed by atoms with Crippen molar-refractivity contribution in [1.29, 1.82) is 0 Å². The lowest BCUT2D eigenvalue weighted by atomic mass is 10.3. The lowest BCUT2D eigenvalue weighted by Crippen LogP contribution is -2.37. The highest BCUT2D eigenvalue weighted by Gasteiger charge is 2.16. The number of rotatable bonds is 7. The van der Waals surface area contributed by atoms with Crippen LogP contribution in [0, 0.1) is 0 Å². The molecule has 0 aliphatic heterocycles. The Morgan fingerprint density at radius 3 is 2.90 bits per heavy atom. The second-order valence-corrected chi connectivity index (χ2v) is 4.68. The average Bonchev–Trinajstić information content (AvgIpc) is 2.93. The molecular weight excluding hydrogens is 270 g/mol. The molecule has 0 bridgehead atoms. The van der Waals surface area contributed by atoms with Gasteiger partial charge < -0.3 is 20.9 Å². The van der Waals surface area contributed by atoms with E-state index in [0.717, 1.165) is 13.0 Å². The van der Waals surface area contributed by atoms with Gasteiger partial charge in [0.25, 0.3) is 0 Å². The van der Waals surface area contributed by atoms with E-state index < -0.39 is 6.04 Å². The van der Waals surface area contributed by atoms with Crippen LogP contribution in [0.2, 0.25) is 0 Å². The summed E-state index contributed by atoms with van der Waals surface area (Å²) in [6.45, 7) is 7.11. The quantitative estimate of drug-likeness (QED) is 0.608. The first-order chi connectivity index (χ1) is 10.2. The Kier molecular flexibility index (Phi) is 4.91. The molecule has 2 rings (SSSR count). The van der Waals surface area contributed by atoms with Gasteiger partial charge in [-0.15, -0.1) is 0 Å². The second kappa shape index (κ2) is 6.87. The van der Waals surface area contributed by atoms with Crippen LogP contribution in [-0.4, -0.2) is 45.0 Å². The SMILES string of the molecule is CCCNc1nc(NC(C)C(=O)NCC)c2[nH]cnc2n1. The number of aromatic nitrogens is 4. The summed E-state index contributed by atoms with van der Waals surface area (Å²) in [5.74, 6) is 0.990. The van der Waals surface area contributed by atoms with Crippen LogP contribution >= 0.6 is 0 Å². The highest BCUT2D eigenvalue weighted by atomic mass is 16.2. The molecule has 4 N–H and O–H groups in total. The molecule has 0 spiro atoms. The number of carbonyl (C=O) groups excluding carboxylic acids is 1. The lowest BCUT2D eigenvalue weighted by Gasteiger charge is -2.15. The fourth-order valence-electron chi connectivity index (χ4n) is 1.85. The molecule has 1 amide bonds. The van der Waals surface area contributed by atoms with Crippen molar-refractivity contribution in [3.05, 3.63) is 6.33 Å². The van der Waals surface area contributed by atoms with E-state index in [4.69, 9.17) is 0 Å². The van der Waals surface area contributed by atoms with Crippen molar-refractivity contribution in [2.24, 2.45) is 0 Å². The molecule has 0 aliphatic rings. The van der Waals surface area contributed by atoms with Gasteiger partial charge in [0, 0.05) is 13.1 Å². The molecule has 8 nitrogen and oxygen atoms in total. The summed E-state index contributed by atoms with van der Waals surface area (Å²) in [6.07, 6.45) is 2.53. The van der Waals surface area contributed by atoms with Gasteiger partial charge in [0.05, 0.1) is 6.33 Å². The minimum absolute atomic E-state index is 0.0770. The normalized spacial score (nSPS) is 12.1. The van der Waals surface area contributed by atoms with Gasteiger partial charge in [-0.3, -0.25) is 4.79 Å². The summed E-state index contributed by atoms with van der Waals surface area (Å²) in [4.78, 5) is 27.7. The highest BCUT2D eigenvalue weighted by Crippen LogP contribution is 2.19. The number of H-pyrrole nitrogens is 1. The van der Waals surface area contributed by atoms with Gasteiger partial charge in [-0.2, -0.15) is 9.97 Å². The van der Waals surface area contributed by atoms with Crippen molar-refractivity contribution in [3.8, 4) is 0 Å². The molecule has 0 fully saturated rings. The van der Waals surface area contributed by atoms with Crippen LogP contribution in [-0.2, 0) is 4.79 Å². The molecular formula is C13H21N7O. The number of nitrogens with one attached hydrogen (secondary N) is 4. The topological polar surface area (TPSA) is 108 Å². The lowest BCUT2D eigenvalue weighted by molar-refractivity contribution is -0.121. The van der Waals surface area contributed by atoms with Crippen molar-refractivity contribution < 1.29 is 4.79 Å². The van der Waals surface area contributed by atoms with Crippen LogP contribution in [0.15, 0.2) is 6.33 Å². The Morgan fingerprint density at radius 2 is 2.19 bits per heavy atom. The Balaban J connectivity index is 2.24. The number of aromatic amines is 1. The van der Waals surface area contributed by atoms with E-state index in [1.807, 2.05) is 6.92 Å². The third kappa shape index (κ3) is 3.59. The van der Waals surface area contributed by atoms with E-state index in [9.17, 15) is 4.79 Å². The third-order valence-electron chi connectivity index (χ3n) is 2.92. The van der Waals surface area contributed by atoms with Gasteiger partial charge in [0.15, 0.2) is 11.5 Å². The van der Waals surface area contributed by atoms with Gasteiger partial charge in [0.1, 0.15) is 11.6 Å². The maximum Gasteiger partial charge on any atom is 0.242 e. The van der Waals surface area contributed by atoms with Crippen LogP contribution in [0.3, 0.4) is 0 Å². The number of carbonyl (C=O) groups is 1. The first kappa shape index (κ1) is 15.0. The van der Waals surface area contributed by atoms with Crippen molar-refractivity contribution in [2.75, 3.05) is 23.7 Å². The molecule has 8 heteroatoms. The fourth-order valence-corrected chi connectivity index (χ4v) is 1.85. The zero-order chi connectivity index (χ0) is 15.2. The van der Waals surface area contributed by atoms with Crippen LogP contribution < -0.4 is 16.0 Å². The minimum atomic E-state index is -0.398. The van der Waals surface area contributed by atoms with Crippen molar-refractivity contribution >= 4 is 28.8 Å². The molecule has 0 saturated carbocycles. The maximum absolute atomic E-state index is 11.8. The smallest absolute Gasteiger partial charge is 0.242 e. The molecule has 2 heterocycles. The Morgan fingerprint density at radius 1 is 1.38 bits per heavy atom. The molecule has 0 aliphatic carbocycles. The Labute approximate surface area is 123 Å². The van der Waals surface area contributed by atoms with Crippen LogP contribution in [0.25, 0.3) is 11.2 Å². The molecule has 1 atom stereocenters.